The number of fused-ring (bicyclic) bond motifs is 1. The Balaban J connectivity index is 1.56. The second-order valence-electron chi connectivity index (χ2n) is 7.66. The third-order valence-corrected chi connectivity index (χ3v) is 5.15. The lowest BCUT2D eigenvalue weighted by Crippen LogP contribution is -2.47. The molecule has 1 aromatic heterocycles. The largest absolute Gasteiger partial charge is 0.484 e. The van der Waals surface area contributed by atoms with Crippen LogP contribution in [0.3, 0.4) is 0 Å². The Hall–Kier alpha value is -4.33. The van der Waals surface area contributed by atoms with E-state index in [1.165, 1.54) is 46.1 Å². The fourth-order valence-corrected chi connectivity index (χ4v) is 3.67. The minimum Gasteiger partial charge on any atom is -0.484 e. The minimum absolute atomic E-state index is 0.0166. The van der Waals surface area contributed by atoms with Crippen molar-refractivity contribution in [2.45, 2.75) is 25.7 Å². The molecule has 2 amide bonds. The summed E-state index contributed by atoms with van der Waals surface area (Å²) in [6, 6.07) is 13.7. The average Bonchev–Trinajstić information content (AvgIpc) is 3.22. The first kappa shape index (κ1) is 22.8. The Morgan fingerprint density at radius 1 is 1.26 bits per heavy atom. The summed E-state index contributed by atoms with van der Waals surface area (Å²) in [5.74, 6) is -1.02. The van der Waals surface area contributed by atoms with Gasteiger partial charge in [0.1, 0.15) is 11.4 Å². The van der Waals surface area contributed by atoms with Gasteiger partial charge in [-0.05, 0) is 49.4 Å². The maximum atomic E-state index is 13.4. The smallest absolute Gasteiger partial charge is 0.422 e. The van der Waals surface area contributed by atoms with Crippen LogP contribution in [0, 0.1) is 11.3 Å². The molecule has 1 N–H and O–H groups in total. The zero-order chi connectivity index (χ0) is 24.5. The number of hydrogen-bond donors (Lipinski definition) is 1. The lowest BCUT2D eigenvalue weighted by molar-refractivity contribution is -0.153. The predicted molar refractivity (Wildman–Crippen MR) is 116 cm³/mol. The Morgan fingerprint density at radius 3 is 2.68 bits per heavy atom. The summed E-state index contributed by atoms with van der Waals surface area (Å²) in [6.07, 6.45) is -3.15. The number of nitrogens with zero attached hydrogens (tertiary/aromatic N) is 4. The molecule has 2 aromatic carbocycles. The number of rotatable bonds is 5. The summed E-state index contributed by atoms with van der Waals surface area (Å²) < 4.78 is 43.3. The second kappa shape index (κ2) is 8.90. The molecular weight excluding hydrogens is 451 g/mol. The molecule has 0 radical (unpaired) electrons. The van der Waals surface area contributed by atoms with Crippen molar-refractivity contribution < 1.29 is 27.5 Å². The zero-order valence-electron chi connectivity index (χ0n) is 17.8. The molecule has 0 spiro atoms. The molecule has 0 saturated carbocycles. The average molecular weight is 469 g/mol. The maximum Gasteiger partial charge on any atom is 0.422 e. The first-order valence-corrected chi connectivity index (χ1v) is 10.2. The molecule has 0 fully saturated rings. The molecule has 1 unspecified atom stereocenters. The number of hydrogen-bond acceptors (Lipinski definition) is 5. The quantitative estimate of drug-likeness (QED) is 0.609. The molecule has 4 rings (SSSR count). The summed E-state index contributed by atoms with van der Waals surface area (Å²) in [5.41, 5.74) is 1.36. The molecular formula is C23H18F3N5O3. The van der Waals surface area contributed by atoms with E-state index < -0.39 is 24.6 Å². The molecule has 1 aliphatic rings. The van der Waals surface area contributed by atoms with Crippen LogP contribution in [-0.2, 0) is 6.54 Å². The van der Waals surface area contributed by atoms with Crippen LogP contribution in [0.1, 0.15) is 33.3 Å². The highest BCUT2D eigenvalue weighted by Crippen LogP contribution is 2.29. The normalized spacial score (nSPS) is 15.4. The van der Waals surface area contributed by atoms with Gasteiger partial charge < -0.3 is 15.0 Å². The van der Waals surface area contributed by atoms with E-state index in [-0.39, 0.29) is 23.0 Å². The summed E-state index contributed by atoms with van der Waals surface area (Å²) >= 11 is 0. The number of amides is 2. The van der Waals surface area contributed by atoms with Crippen LogP contribution in [0.25, 0.3) is 0 Å². The SMILES string of the molecule is CC1Cn2ncc(C(=O)Nc3cccc(C#N)c3)c2C(=O)N1c1ccc(OCC(F)(F)F)cc1. The summed E-state index contributed by atoms with van der Waals surface area (Å²) in [6.45, 7) is 0.689. The number of halogens is 3. The number of alkyl halides is 3. The topological polar surface area (TPSA) is 100 Å². The van der Waals surface area contributed by atoms with E-state index >= 15 is 0 Å². The van der Waals surface area contributed by atoms with E-state index in [1.54, 1.807) is 25.1 Å². The van der Waals surface area contributed by atoms with Crippen LogP contribution in [0.15, 0.2) is 54.7 Å². The van der Waals surface area contributed by atoms with Crippen LogP contribution in [0.4, 0.5) is 24.5 Å². The van der Waals surface area contributed by atoms with Crippen molar-refractivity contribution in [2.75, 3.05) is 16.8 Å². The lowest BCUT2D eigenvalue weighted by atomic mass is 10.1. The number of nitriles is 1. The van der Waals surface area contributed by atoms with Gasteiger partial charge in [-0.3, -0.25) is 14.3 Å². The van der Waals surface area contributed by atoms with E-state index in [2.05, 4.69) is 10.4 Å². The van der Waals surface area contributed by atoms with Gasteiger partial charge in [0.15, 0.2) is 6.61 Å². The molecule has 8 nitrogen and oxygen atoms in total. The van der Waals surface area contributed by atoms with Crippen molar-refractivity contribution in [1.29, 1.82) is 5.26 Å². The van der Waals surface area contributed by atoms with Gasteiger partial charge in [0.2, 0.25) is 0 Å². The molecule has 3 aromatic rings. The molecule has 0 saturated heterocycles. The molecule has 2 heterocycles. The van der Waals surface area contributed by atoms with Crippen LogP contribution in [0.2, 0.25) is 0 Å². The number of carbonyl (C=O) groups is 2. The summed E-state index contributed by atoms with van der Waals surface area (Å²) in [4.78, 5) is 27.7. The number of nitrogens with one attached hydrogen (secondary N) is 1. The van der Waals surface area contributed by atoms with Crippen LogP contribution in [0.5, 0.6) is 5.75 Å². The minimum atomic E-state index is -4.46. The number of anilines is 2. The van der Waals surface area contributed by atoms with Crippen LogP contribution < -0.4 is 15.0 Å². The fraction of sp³-hybridized carbons (Fsp3) is 0.217. The molecule has 174 valence electrons. The number of aromatic nitrogens is 2. The van der Waals surface area contributed by atoms with Gasteiger partial charge in [0.05, 0.1) is 36.0 Å². The van der Waals surface area contributed by atoms with Crippen molar-refractivity contribution >= 4 is 23.2 Å². The van der Waals surface area contributed by atoms with E-state index in [9.17, 15) is 22.8 Å². The van der Waals surface area contributed by atoms with Crippen molar-refractivity contribution in [3.8, 4) is 11.8 Å². The summed E-state index contributed by atoms with van der Waals surface area (Å²) in [7, 11) is 0. The van der Waals surface area contributed by atoms with Crippen LogP contribution in [-0.4, -0.2) is 40.4 Å². The van der Waals surface area contributed by atoms with Crippen molar-refractivity contribution in [3.63, 3.8) is 0 Å². The Bertz CT molecular complexity index is 1280. The fourth-order valence-electron chi connectivity index (χ4n) is 3.67. The number of carbonyl (C=O) groups excluding carboxylic acids is 2. The van der Waals surface area contributed by atoms with Crippen molar-refractivity contribution in [3.05, 3.63) is 71.5 Å². The van der Waals surface area contributed by atoms with Crippen molar-refractivity contribution in [2.24, 2.45) is 0 Å². The maximum absolute atomic E-state index is 13.4. The van der Waals surface area contributed by atoms with E-state index in [0.717, 1.165) is 0 Å². The van der Waals surface area contributed by atoms with Gasteiger partial charge >= 0.3 is 6.18 Å². The molecule has 0 aliphatic carbocycles. The third kappa shape index (κ3) is 4.71. The first-order valence-electron chi connectivity index (χ1n) is 10.2. The van der Waals surface area contributed by atoms with Gasteiger partial charge in [-0.15, -0.1) is 0 Å². The van der Waals surface area contributed by atoms with Gasteiger partial charge in [-0.1, -0.05) is 6.07 Å². The number of ether oxygens (including phenoxy) is 1. The van der Waals surface area contributed by atoms with E-state index in [4.69, 9.17) is 10.00 Å². The lowest BCUT2D eigenvalue weighted by Gasteiger charge is -2.34. The first-order chi connectivity index (χ1) is 16.2. The molecule has 1 atom stereocenters. The highest BCUT2D eigenvalue weighted by atomic mass is 19.4. The van der Waals surface area contributed by atoms with Gasteiger partial charge in [0.25, 0.3) is 11.8 Å². The highest BCUT2D eigenvalue weighted by molar-refractivity contribution is 6.15. The van der Waals surface area contributed by atoms with Gasteiger partial charge in [-0.25, -0.2) is 0 Å². The molecule has 11 heteroatoms. The Kier molecular flexibility index (Phi) is 5.98. The standard InChI is InChI=1S/C23H18F3N5O3/c1-14-12-30-20(19(11-28-30)21(32)29-16-4-2-3-15(9-16)10-27)22(33)31(14)17-5-7-18(8-6-17)34-13-23(24,25)26/h2-9,11,14H,12-13H2,1H3,(H,29,32). The van der Waals surface area contributed by atoms with E-state index in [0.29, 0.717) is 23.5 Å². The van der Waals surface area contributed by atoms with Crippen LogP contribution >= 0.6 is 0 Å². The third-order valence-electron chi connectivity index (χ3n) is 5.15. The molecule has 34 heavy (non-hydrogen) atoms. The molecule has 1 aliphatic heterocycles. The summed E-state index contributed by atoms with van der Waals surface area (Å²) in [5, 5.41) is 15.9. The number of benzene rings is 2. The molecule has 0 bridgehead atoms. The highest BCUT2D eigenvalue weighted by Gasteiger charge is 2.36. The Labute approximate surface area is 192 Å². The Morgan fingerprint density at radius 2 is 2.00 bits per heavy atom. The van der Waals surface area contributed by atoms with Gasteiger partial charge in [-0.2, -0.15) is 23.5 Å². The second-order valence-corrected chi connectivity index (χ2v) is 7.66. The van der Waals surface area contributed by atoms with Gasteiger partial charge in [0, 0.05) is 11.4 Å². The zero-order valence-corrected chi connectivity index (χ0v) is 17.8. The predicted octanol–water partition coefficient (Wildman–Crippen LogP) is 4.00. The van der Waals surface area contributed by atoms with E-state index in [1.807, 2.05) is 6.07 Å². The monoisotopic (exact) mass is 469 g/mol. The van der Waals surface area contributed by atoms with Crippen molar-refractivity contribution in [1.82, 2.24) is 9.78 Å².